The van der Waals surface area contributed by atoms with Crippen molar-refractivity contribution in [2.75, 3.05) is 27.2 Å². The molecule has 2 aromatic carbocycles. The van der Waals surface area contributed by atoms with Gasteiger partial charge in [0.25, 0.3) is 0 Å². The number of hydrogen-bond donors (Lipinski definition) is 0. The molecule has 0 unspecified atom stereocenters. The second-order valence-corrected chi connectivity index (χ2v) is 12.0. The summed E-state index contributed by atoms with van der Waals surface area (Å²) in [5.74, 6) is 0. The van der Waals surface area contributed by atoms with Crippen molar-refractivity contribution in [3.05, 3.63) is 65.0 Å². The Bertz CT molecular complexity index is 1400. The molecular formula is C26H26Br2Cl2N6. The Morgan fingerprint density at radius 3 is 1.67 bits per heavy atom. The largest absolute Gasteiger partial charge is 0.302 e. The van der Waals surface area contributed by atoms with E-state index in [2.05, 4.69) is 76.8 Å². The third kappa shape index (κ3) is 5.00. The van der Waals surface area contributed by atoms with E-state index in [4.69, 9.17) is 28.2 Å². The van der Waals surface area contributed by atoms with Crippen LogP contribution in [0.15, 0.2) is 21.1 Å². The first kappa shape index (κ1) is 26.2. The molecule has 0 bridgehead atoms. The van der Waals surface area contributed by atoms with Crippen LogP contribution in [0.5, 0.6) is 0 Å². The molecule has 2 aromatic heterocycles. The zero-order chi connectivity index (χ0) is 25.7. The summed E-state index contributed by atoms with van der Waals surface area (Å²) in [6, 6.07) is 4.06. The van der Waals surface area contributed by atoms with Gasteiger partial charge < -0.3 is 9.80 Å². The van der Waals surface area contributed by atoms with Crippen LogP contribution in [0, 0.1) is 13.8 Å². The highest BCUT2D eigenvalue weighted by Gasteiger charge is 2.22. The normalized spacial score (nSPS) is 16.0. The Morgan fingerprint density at radius 1 is 0.667 bits per heavy atom. The number of aromatic nitrogens is 4. The molecule has 4 aromatic rings. The van der Waals surface area contributed by atoms with Crippen LogP contribution in [0.3, 0.4) is 0 Å². The molecule has 0 atom stereocenters. The first-order valence-corrected chi connectivity index (χ1v) is 14.1. The van der Waals surface area contributed by atoms with Crippen LogP contribution in [-0.2, 0) is 25.9 Å². The third-order valence-corrected chi connectivity index (χ3v) is 8.96. The van der Waals surface area contributed by atoms with E-state index < -0.39 is 0 Å². The summed E-state index contributed by atoms with van der Waals surface area (Å²) in [4.78, 5) is 22.7. The Hall–Kier alpha value is -1.42. The quantitative estimate of drug-likeness (QED) is 0.211. The SMILES string of the molecule is CN1CCc2c(c(Br)cc3nc(Cl)c(Cl)nc23)C1.Cc1nc2cc(Br)c3c(c2nc1C)CCN(C)C3. The Labute approximate surface area is 237 Å². The second-order valence-electron chi connectivity index (χ2n) is 9.54. The van der Waals surface area contributed by atoms with Crippen LogP contribution in [0.4, 0.5) is 0 Å². The van der Waals surface area contributed by atoms with Crippen LogP contribution < -0.4 is 0 Å². The third-order valence-electron chi connectivity index (χ3n) is 6.92. The maximum Gasteiger partial charge on any atom is 0.167 e. The summed E-state index contributed by atoms with van der Waals surface area (Å²) in [5, 5.41) is 0.525. The topological polar surface area (TPSA) is 58.0 Å². The molecule has 0 spiro atoms. The summed E-state index contributed by atoms with van der Waals surface area (Å²) in [5.41, 5.74) is 11.0. The number of likely N-dealkylation sites (N-methyl/N-ethyl adjacent to an activating group) is 2. The minimum absolute atomic E-state index is 0.254. The lowest BCUT2D eigenvalue weighted by molar-refractivity contribution is 0.313. The van der Waals surface area contributed by atoms with Crippen molar-refractivity contribution in [3.8, 4) is 0 Å². The smallest absolute Gasteiger partial charge is 0.167 e. The number of fused-ring (bicyclic) bond motifs is 6. The molecule has 0 saturated heterocycles. The highest BCUT2D eigenvalue weighted by Crippen LogP contribution is 2.34. The summed E-state index contributed by atoms with van der Waals surface area (Å²) < 4.78 is 2.22. The summed E-state index contributed by atoms with van der Waals surface area (Å²) in [6.45, 7) is 8.05. The maximum absolute atomic E-state index is 5.97. The zero-order valence-corrected chi connectivity index (χ0v) is 25.3. The molecule has 0 fully saturated rings. The fraction of sp³-hybridized carbons (Fsp3) is 0.385. The van der Waals surface area contributed by atoms with E-state index in [0.29, 0.717) is 0 Å². The van der Waals surface area contributed by atoms with Gasteiger partial charge in [0.1, 0.15) is 0 Å². The van der Waals surface area contributed by atoms with Gasteiger partial charge in [-0.2, -0.15) is 0 Å². The summed E-state index contributed by atoms with van der Waals surface area (Å²) in [6.07, 6.45) is 2.01. The van der Waals surface area contributed by atoms with Gasteiger partial charge in [0.2, 0.25) is 0 Å². The van der Waals surface area contributed by atoms with E-state index in [1.807, 2.05) is 19.9 Å². The van der Waals surface area contributed by atoms with Gasteiger partial charge in [-0.05, 0) is 75.2 Å². The molecule has 0 radical (unpaired) electrons. The van der Waals surface area contributed by atoms with Gasteiger partial charge >= 0.3 is 0 Å². The lowest BCUT2D eigenvalue weighted by Gasteiger charge is -2.26. The Morgan fingerprint density at radius 2 is 1.11 bits per heavy atom. The van der Waals surface area contributed by atoms with Gasteiger partial charge in [0, 0.05) is 35.1 Å². The molecule has 0 N–H and O–H groups in total. The van der Waals surface area contributed by atoms with E-state index in [1.54, 1.807) is 0 Å². The standard InChI is InChI=1S/C14H16BrN3.C12H10BrCl2N3/c1-8-9(2)17-14-10-4-5-18(3)7-11(10)12(15)6-13(14)16-8;1-18-3-2-6-7(5-18)8(13)4-9-10(6)17-12(15)11(14)16-9/h6H,4-5,7H2,1-3H3;4H,2-3,5H2,1H3. The first-order chi connectivity index (χ1) is 17.1. The monoisotopic (exact) mass is 650 g/mol. The molecule has 0 aliphatic carbocycles. The van der Waals surface area contributed by atoms with Gasteiger partial charge in [-0.1, -0.05) is 55.1 Å². The number of benzene rings is 2. The van der Waals surface area contributed by atoms with E-state index in [-0.39, 0.29) is 10.3 Å². The number of hydrogen-bond acceptors (Lipinski definition) is 6. The van der Waals surface area contributed by atoms with Crippen LogP contribution in [0.25, 0.3) is 22.1 Å². The molecule has 6 rings (SSSR count). The minimum atomic E-state index is 0.254. The molecule has 10 heteroatoms. The van der Waals surface area contributed by atoms with Gasteiger partial charge in [-0.15, -0.1) is 0 Å². The van der Waals surface area contributed by atoms with Crippen molar-refractivity contribution in [1.82, 2.24) is 29.7 Å². The van der Waals surface area contributed by atoms with Crippen molar-refractivity contribution in [1.29, 1.82) is 0 Å². The predicted octanol–water partition coefficient (Wildman–Crippen LogP) is 6.68. The van der Waals surface area contributed by atoms with Gasteiger partial charge in [-0.25, -0.2) is 19.9 Å². The van der Waals surface area contributed by atoms with E-state index in [9.17, 15) is 0 Å². The highest BCUT2D eigenvalue weighted by atomic mass is 79.9. The van der Waals surface area contributed by atoms with E-state index in [0.717, 1.165) is 81.4 Å². The van der Waals surface area contributed by atoms with Crippen molar-refractivity contribution < 1.29 is 0 Å². The molecule has 0 amide bonds. The maximum atomic E-state index is 5.97. The summed E-state index contributed by atoms with van der Waals surface area (Å²) >= 11 is 19.2. The fourth-order valence-electron chi connectivity index (χ4n) is 4.84. The molecule has 188 valence electrons. The lowest BCUT2D eigenvalue weighted by atomic mass is 9.98. The Balaban J connectivity index is 0.000000148. The van der Waals surface area contributed by atoms with Gasteiger partial charge in [0.15, 0.2) is 10.3 Å². The van der Waals surface area contributed by atoms with Crippen LogP contribution in [0.2, 0.25) is 10.3 Å². The van der Waals surface area contributed by atoms with Crippen LogP contribution >= 0.6 is 55.1 Å². The molecular weight excluding hydrogens is 627 g/mol. The number of nitrogens with zero attached hydrogens (tertiary/aromatic N) is 6. The van der Waals surface area contributed by atoms with Crippen LogP contribution in [0.1, 0.15) is 33.6 Å². The summed E-state index contributed by atoms with van der Waals surface area (Å²) in [7, 11) is 4.27. The lowest BCUT2D eigenvalue weighted by Crippen LogP contribution is -2.27. The number of halogens is 4. The average molecular weight is 653 g/mol. The van der Waals surface area contributed by atoms with Gasteiger partial charge in [0.05, 0.1) is 33.5 Å². The molecule has 4 heterocycles. The highest BCUT2D eigenvalue weighted by molar-refractivity contribution is 9.10. The zero-order valence-electron chi connectivity index (χ0n) is 20.6. The van der Waals surface area contributed by atoms with E-state index >= 15 is 0 Å². The molecule has 6 nitrogen and oxygen atoms in total. The number of rotatable bonds is 0. The molecule has 2 aliphatic heterocycles. The molecule has 2 aliphatic rings. The second kappa shape index (κ2) is 10.4. The van der Waals surface area contributed by atoms with Crippen molar-refractivity contribution in [3.63, 3.8) is 0 Å². The first-order valence-electron chi connectivity index (χ1n) is 11.8. The average Bonchev–Trinajstić information content (AvgIpc) is 2.83. The molecule has 36 heavy (non-hydrogen) atoms. The Kier molecular flexibility index (Phi) is 7.56. The fourth-order valence-corrected chi connectivity index (χ4v) is 6.27. The predicted molar refractivity (Wildman–Crippen MR) is 154 cm³/mol. The minimum Gasteiger partial charge on any atom is -0.302 e. The van der Waals surface area contributed by atoms with Crippen molar-refractivity contribution in [2.24, 2.45) is 0 Å². The van der Waals surface area contributed by atoms with Crippen molar-refractivity contribution >= 4 is 77.1 Å². The molecule has 0 saturated carbocycles. The van der Waals surface area contributed by atoms with Crippen molar-refractivity contribution in [2.45, 2.75) is 39.8 Å². The van der Waals surface area contributed by atoms with Crippen LogP contribution in [-0.4, -0.2) is 56.9 Å². The van der Waals surface area contributed by atoms with E-state index in [1.165, 1.54) is 22.3 Å². The van der Waals surface area contributed by atoms with Gasteiger partial charge in [-0.3, -0.25) is 0 Å². The number of aryl methyl sites for hydroxylation is 2.